The van der Waals surface area contributed by atoms with Gasteiger partial charge in [0.05, 0.1) is 4.92 Å². The zero-order valence-electron chi connectivity index (χ0n) is 17.6. The average Bonchev–Trinajstić information content (AvgIpc) is 3.22. The normalized spacial score (nSPS) is 15.5. The minimum atomic E-state index is -0.656. The van der Waals surface area contributed by atoms with E-state index in [1.807, 2.05) is 0 Å². The van der Waals surface area contributed by atoms with Gasteiger partial charge in [0.1, 0.15) is 6.04 Å². The number of rotatable bonds is 5. The van der Waals surface area contributed by atoms with E-state index in [-0.39, 0.29) is 23.4 Å². The molecule has 31 heavy (non-hydrogen) atoms. The quantitative estimate of drug-likeness (QED) is 0.586. The molecule has 1 aliphatic heterocycles. The second kappa shape index (κ2) is 8.95. The third kappa shape index (κ3) is 4.71. The van der Waals surface area contributed by atoms with Gasteiger partial charge in [-0.05, 0) is 50.1 Å². The van der Waals surface area contributed by atoms with Gasteiger partial charge in [-0.1, -0.05) is 6.07 Å². The van der Waals surface area contributed by atoms with Crippen LogP contribution in [0.5, 0.6) is 0 Å². The zero-order valence-corrected chi connectivity index (χ0v) is 17.6. The molecule has 1 unspecified atom stereocenters. The predicted molar refractivity (Wildman–Crippen MR) is 115 cm³/mol. The maximum absolute atomic E-state index is 13.0. The first-order chi connectivity index (χ1) is 14.7. The molecule has 2 aromatic carbocycles. The fourth-order valence-corrected chi connectivity index (χ4v) is 3.66. The van der Waals surface area contributed by atoms with Crippen LogP contribution in [0.1, 0.15) is 39.1 Å². The molecule has 9 heteroatoms. The summed E-state index contributed by atoms with van der Waals surface area (Å²) in [6.45, 7) is 2.00. The van der Waals surface area contributed by atoms with Gasteiger partial charge in [-0.15, -0.1) is 0 Å². The largest absolute Gasteiger partial charge is 0.345 e. The van der Waals surface area contributed by atoms with Gasteiger partial charge in [0.25, 0.3) is 17.5 Å². The average molecular weight is 424 g/mol. The lowest BCUT2D eigenvalue weighted by atomic mass is 10.1. The summed E-state index contributed by atoms with van der Waals surface area (Å²) in [4.78, 5) is 51.5. The topological polar surface area (TPSA) is 113 Å². The van der Waals surface area contributed by atoms with Crippen molar-refractivity contribution in [2.24, 2.45) is 0 Å². The molecule has 1 heterocycles. The second-order valence-corrected chi connectivity index (χ2v) is 7.68. The van der Waals surface area contributed by atoms with Gasteiger partial charge in [0, 0.05) is 49.1 Å². The molecular weight excluding hydrogens is 400 g/mol. The minimum absolute atomic E-state index is 0.0561. The van der Waals surface area contributed by atoms with Gasteiger partial charge in [0.2, 0.25) is 5.91 Å². The van der Waals surface area contributed by atoms with Gasteiger partial charge >= 0.3 is 0 Å². The molecule has 0 radical (unpaired) electrons. The summed E-state index contributed by atoms with van der Waals surface area (Å²) in [7, 11) is 3.30. The highest BCUT2D eigenvalue weighted by atomic mass is 16.6. The standard InChI is InChI=1S/C22H24N4O5/c1-14-12-16(9-10-18(14)26(30)31)22(29)25-11-5-8-19(25)20(27)23-17-7-4-6-15(13-17)21(28)24(2)3/h4,6-7,9-10,12-13,19H,5,8,11H2,1-3H3,(H,23,27). The summed E-state index contributed by atoms with van der Waals surface area (Å²) in [5.74, 6) is -0.853. The fraction of sp³-hybridized carbons (Fsp3) is 0.318. The van der Waals surface area contributed by atoms with Crippen molar-refractivity contribution in [3.8, 4) is 0 Å². The summed E-state index contributed by atoms with van der Waals surface area (Å²) in [5.41, 5.74) is 1.56. The molecule has 162 valence electrons. The molecule has 0 aliphatic carbocycles. The summed E-state index contributed by atoms with van der Waals surface area (Å²) in [6, 6.07) is 10.2. The Morgan fingerprint density at radius 2 is 1.87 bits per heavy atom. The van der Waals surface area contributed by atoms with Gasteiger partial charge in [-0.3, -0.25) is 24.5 Å². The van der Waals surface area contributed by atoms with Crippen LogP contribution >= 0.6 is 0 Å². The molecule has 1 N–H and O–H groups in total. The smallest absolute Gasteiger partial charge is 0.272 e. The number of nitro groups is 1. The Morgan fingerprint density at radius 3 is 2.52 bits per heavy atom. The maximum atomic E-state index is 13.0. The first-order valence-corrected chi connectivity index (χ1v) is 9.87. The summed E-state index contributed by atoms with van der Waals surface area (Å²) in [5, 5.41) is 13.8. The van der Waals surface area contributed by atoms with Crippen LogP contribution in [0.15, 0.2) is 42.5 Å². The summed E-state index contributed by atoms with van der Waals surface area (Å²) in [6.07, 6.45) is 1.19. The van der Waals surface area contributed by atoms with Crippen molar-refractivity contribution >= 4 is 29.1 Å². The maximum Gasteiger partial charge on any atom is 0.272 e. The number of nitro benzene ring substituents is 1. The van der Waals surface area contributed by atoms with Crippen molar-refractivity contribution in [1.29, 1.82) is 0 Å². The number of hydrogen-bond acceptors (Lipinski definition) is 5. The van der Waals surface area contributed by atoms with Crippen LogP contribution in [0.3, 0.4) is 0 Å². The lowest BCUT2D eigenvalue weighted by Crippen LogP contribution is -2.43. The van der Waals surface area contributed by atoms with Crippen LogP contribution in [0, 0.1) is 17.0 Å². The van der Waals surface area contributed by atoms with Crippen LogP contribution < -0.4 is 5.32 Å². The van der Waals surface area contributed by atoms with Crippen LogP contribution in [-0.4, -0.2) is 59.1 Å². The number of nitrogens with zero attached hydrogens (tertiary/aromatic N) is 3. The van der Waals surface area contributed by atoms with E-state index in [2.05, 4.69) is 5.32 Å². The van der Waals surface area contributed by atoms with E-state index >= 15 is 0 Å². The van der Waals surface area contributed by atoms with Crippen molar-refractivity contribution in [2.45, 2.75) is 25.8 Å². The van der Waals surface area contributed by atoms with Crippen molar-refractivity contribution in [3.05, 3.63) is 69.3 Å². The van der Waals surface area contributed by atoms with Gasteiger partial charge in [-0.25, -0.2) is 0 Å². The third-order valence-corrected chi connectivity index (χ3v) is 5.24. The van der Waals surface area contributed by atoms with Crippen molar-refractivity contribution in [1.82, 2.24) is 9.80 Å². The number of hydrogen-bond donors (Lipinski definition) is 1. The summed E-state index contributed by atoms with van der Waals surface area (Å²) >= 11 is 0. The first-order valence-electron chi connectivity index (χ1n) is 9.87. The number of nitrogens with one attached hydrogen (secondary N) is 1. The molecule has 1 aliphatic rings. The van der Waals surface area contributed by atoms with Crippen molar-refractivity contribution in [2.75, 3.05) is 26.0 Å². The van der Waals surface area contributed by atoms with E-state index in [0.29, 0.717) is 41.8 Å². The van der Waals surface area contributed by atoms with Crippen LogP contribution in [0.4, 0.5) is 11.4 Å². The lowest BCUT2D eigenvalue weighted by molar-refractivity contribution is -0.385. The highest BCUT2D eigenvalue weighted by Gasteiger charge is 2.35. The molecule has 3 amide bonds. The Hall–Kier alpha value is -3.75. The van der Waals surface area contributed by atoms with E-state index in [1.165, 1.54) is 28.0 Å². The molecule has 0 spiro atoms. The van der Waals surface area contributed by atoms with Crippen molar-refractivity contribution < 1.29 is 19.3 Å². The monoisotopic (exact) mass is 424 g/mol. The summed E-state index contributed by atoms with van der Waals surface area (Å²) < 4.78 is 0. The van der Waals surface area contributed by atoms with E-state index in [0.717, 1.165) is 0 Å². The number of anilines is 1. The van der Waals surface area contributed by atoms with Crippen LogP contribution in [-0.2, 0) is 4.79 Å². The number of carbonyl (C=O) groups is 3. The van der Waals surface area contributed by atoms with Crippen LogP contribution in [0.2, 0.25) is 0 Å². The van der Waals surface area contributed by atoms with Gasteiger partial charge < -0.3 is 15.1 Å². The Kier molecular flexibility index (Phi) is 6.33. The molecule has 2 aromatic rings. The van der Waals surface area contributed by atoms with Crippen LogP contribution in [0.25, 0.3) is 0 Å². The number of benzene rings is 2. The SMILES string of the molecule is Cc1cc(C(=O)N2CCCC2C(=O)Nc2cccc(C(=O)N(C)C)c2)ccc1[N+](=O)[O-]. The third-order valence-electron chi connectivity index (χ3n) is 5.24. The Labute approximate surface area is 179 Å². The van der Waals surface area contributed by atoms with Gasteiger partial charge in [-0.2, -0.15) is 0 Å². The lowest BCUT2D eigenvalue weighted by Gasteiger charge is -2.24. The highest BCUT2D eigenvalue weighted by Crippen LogP contribution is 2.25. The van der Waals surface area contributed by atoms with Gasteiger partial charge in [0.15, 0.2) is 0 Å². The van der Waals surface area contributed by atoms with E-state index in [1.54, 1.807) is 45.3 Å². The molecule has 0 aromatic heterocycles. The first kappa shape index (κ1) is 21.9. The molecule has 3 rings (SSSR count). The highest BCUT2D eigenvalue weighted by molar-refractivity contribution is 6.02. The molecule has 9 nitrogen and oxygen atoms in total. The van der Waals surface area contributed by atoms with Crippen molar-refractivity contribution in [3.63, 3.8) is 0 Å². The fourth-order valence-electron chi connectivity index (χ4n) is 3.66. The second-order valence-electron chi connectivity index (χ2n) is 7.68. The Bertz CT molecular complexity index is 1050. The molecule has 1 atom stereocenters. The minimum Gasteiger partial charge on any atom is -0.345 e. The van der Waals surface area contributed by atoms with E-state index in [4.69, 9.17) is 0 Å². The van der Waals surface area contributed by atoms with E-state index in [9.17, 15) is 24.5 Å². The Morgan fingerprint density at radius 1 is 1.13 bits per heavy atom. The molecule has 1 fully saturated rings. The number of amides is 3. The zero-order chi connectivity index (χ0) is 22.7. The molecule has 0 saturated carbocycles. The number of likely N-dealkylation sites (tertiary alicyclic amines) is 1. The molecule has 0 bridgehead atoms. The number of aryl methyl sites for hydroxylation is 1. The predicted octanol–water partition coefficient (Wildman–Crippen LogP) is 2.85. The Balaban J connectivity index is 1.76. The number of carbonyl (C=O) groups excluding carboxylic acids is 3. The molecule has 1 saturated heterocycles. The van der Waals surface area contributed by atoms with E-state index < -0.39 is 11.0 Å². The molecular formula is C22H24N4O5.